The first-order valence-corrected chi connectivity index (χ1v) is 9.20. The summed E-state index contributed by atoms with van der Waals surface area (Å²) in [6.45, 7) is 4.15. The van der Waals surface area contributed by atoms with Gasteiger partial charge in [-0.3, -0.25) is 4.79 Å². The molecule has 2 heterocycles. The molecule has 0 unspecified atom stereocenters. The molecule has 4 rings (SSSR count). The normalized spacial score (nSPS) is 31.3. The van der Waals surface area contributed by atoms with Crippen LogP contribution in [0.25, 0.3) is 0 Å². The first-order chi connectivity index (χ1) is 10.7. The minimum Gasteiger partial charge on any atom is -0.374 e. The number of ether oxygens (including phenoxy) is 2. The average Bonchev–Trinajstić information content (AvgIpc) is 3.13. The highest BCUT2D eigenvalue weighted by Crippen LogP contribution is 2.36. The van der Waals surface area contributed by atoms with Gasteiger partial charge in [-0.15, -0.1) is 11.3 Å². The first-order valence-electron chi connectivity index (χ1n) is 8.32. The van der Waals surface area contributed by atoms with Crippen LogP contribution in [0.4, 0.5) is 0 Å². The largest absolute Gasteiger partial charge is 0.374 e. The third-order valence-electron chi connectivity index (χ3n) is 5.10. The van der Waals surface area contributed by atoms with E-state index in [0.717, 1.165) is 35.8 Å². The number of rotatable bonds is 4. The Bertz CT molecular complexity index is 554. The van der Waals surface area contributed by atoms with Crippen LogP contribution in [-0.4, -0.2) is 48.8 Å². The Labute approximate surface area is 135 Å². The zero-order chi connectivity index (χ0) is 15.1. The highest BCUT2D eigenvalue weighted by molar-refractivity contribution is 7.12. The summed E-state index contributed by atoms with van der Waals surface area (Å²) in [4.78, 5) is 15.8. The fourth-order valence-corrected chi connectivity index (χ4v) is 4.50. The van der Waals surface area contributed by atoms with Crippen molar-refractivity contribution < 1.29 is 14.3 Å². The van der Waals surface area contributed by atoms with Crippen molar-refractivity contribution in [2.75, 3.05) is 19.8 Å². The molecule has 22 heavy (non-hydrogen) atoms. The Balaban J connectivity index is 1.53. The van der Waals surface area contributed by atoms with Crippen LogP contribution in [0.15, 0.2) is 11.4 Å². The number of fused-ring (bicyclic) bond motifs is 2. The highest BCUT2D eigenvalue weighted by atomic mass is 32.1. The quantitative estimate of drug-likeness (QED) is 0.856. The summed E-state index contributed by atoms with van der Waals surface area (Å²) < 4.78 is 12.2. The van der Waals surface area contributed by atoms with Crippen LogP contribution < -0.4 is 0 Å². The van der Waals surface area contributed by atoms with Crippen molar-refractivity contribution in [2.24, 2.45) is 5.92 Å². The molecule has 1 aliphatic heterocycles. The smallest absolute Gasteiger partial charge is 0.264 e. The molecular weight excluding hydrogens is 298 g/mol. The minimum atomic E-state index is 0.0623. The lowest BCUT2D eigenvalue weighted by atomic mass is 10.1. The summed E-state index contributed by atoms with van der Waals surface area (Å²) in [7, 11) is 0. The molecule has 1 amide bonds. The second-order valence-electron chi connectivity index (χ2n) is 6.73. The molecule has 2 bridgehead atoms. The maximum Gasteiger partial charge on any atom is 0.264 e. The summed E-state index contributed by atoms with van der Waals surface area (Å²) >= 11 is 1.54. The summed E-state index contributed by atoms with van der Waals surface area (Å²) in [6, 6.07) is 2.20. The standard InChI is InChI=1S/C17H23NO3S/c1-11-6-9-22-16(11)17(19)18-7-8-20-14-5-4-13(18)15(14)21-10-12-2-3-12/h6,9,12-15H,2-5,7-8,10H2,1H3/t13-,14-,15-/m0/s1. The predicted molar refractivity (Wildman–Crippen MR) is 85.3 cm³/mol. The molecule has 2 saturated carbocycles. The van der Waals surface area contributed by atoms with E-state index in [2.05, 4.69) is 0 Å². The Hall–Kier alpha value is -0.910. The van der Waals surface area contributed by atoms with E-state index in [1.165, 1.54) is 12.8 Å². The Kier molecular flexibility index (Phi) is 3.96. The first kappa shape index (κ1) is 14.7. The molecule has 3 fully saturated rings. The molecule has 3 aliphatic rings. The van der Waals surface area contributed by atoms with E-state index in [1.807, 2.05) is 23.3 Å². The molecule has 1 aromatic heterocycles. The molecule has 0 spiro atoms. The number of carbonyl (C=O) groups excluding carboxylic acids is 1. The third-order valence-corrected chi connectivity index (χ3v) is 6.10. The van der Waals surface area contributed by atoms with Crippen LogP contribution >= 0.6 is 11.3 Å². The van der Waals surface area contributed by atoms with Crippen molar-refractivity contribution >= 4 is 17.2 Å². The van der Waals surface area contributed by atoms with Crippen LogP contribution in [0, 0.1) is 12.8 Å². The molecule has 3 atom stereocenters. The van der Waals surface area contributed by atoms with E-state index >= 15 is 0 Å². The maximum atomic E-state index is 12.9. The monoisotopic (exact) mass is 321 g/mol. The average molecular weight is 321 g/mol. The highest BCUT2D eigenvalue weighted by Gasteiger charge is 2.45. The van der Waals surface area contributed by atoms with Crippen LogP contribution in [-0.2, 0) is 9.47 Å². The van der Waals surface area contributed by atoms with Gasteiger partial charge in [0.2, 0.25) is 0 Å². The summed E-state index contributed by atoms with van der Waals surface area (Å²) in [5, 5.41) is 2.00. The van der Waals surface area contributed by atoms with Crippen molar-refractivity contribution in [1.82, 2.24) is 4.90 Å². The number of nitrogens with zero attached hydrogens (tertiary/aromatic N) is 1. The van der Waals surface area contributed by atoms with Gasteiger partial charge in [0.15, 0.2) is 0 Å². The van der Waals surface area contributed by atoms with Gasteiger partial charge in [-0.2, -0.15) is 0 Å². The Morgan fingerprint density at radius 3 is 3.00 bits per heavy atom. The van der Waals surface area contributed by atoms with Crippen molar-refractivity contribution in [1.29, 1.82) is 0 Å². The molecule has 4 nitrogen and oxygen atoms in total. The van der Waals surface area contributed by atoms with Gasteiger partial charge in [-0.1, -0.05) is 0 Å². The predicted octanol–water partition coefficient (Wildman–Crippen LogP) is 2.86. The van der Waals surface area contributed by atoms with Crippen LogP contribution in [0.1, 0.15) is 40.9 Å². The number of hydrogen-bond donors (Lipinski definition) is 0. The number of thiophene rings is 1. The van der Waals surface area contributed by atoms with Gasteiger partial charge < -0.3 is 14.4 Å². The number of aryl methyl sites for hydroxylation is 1. The molecule has 2 aliphatic carbocycles. The zero-order valence-corrected chi connectivity index (χ0v) is 13.8. The minimum absolute atomic E-state index is 0.0623. The van der Waals surface area contributed by atoms with E-state index in [4.69, 9.17) is 9.47 Å². The second kappa shape index (κ2) is 5.95. The van der Waals surface area contributed by atoms with Gasteiger partial charge in [0.1, 0.15) is 6.10 Å². The summed E-state index contributed by atoms with van der Waals surface area (Å²) in [5.74, 6) is 0.898. The summed E-state index contributed by atoms with van der Waals surface area (Å²) in [6.07, 6.45) is 4.82. The van der Waals surface area contributed by atoms with Gasteiger partial charge in [0, 0.05) is 13.2 Å². The lowest BCUT2D eigenvalue weighted by Gasteiger charge is -2.31. The van der Waals surface area contributed by atoms with E-state index in [-0.39, 0.29) is 24.2 Å². The fourth-order valence-electron chi connectivity index (χ4n) is 3.62. The van der Waals surface area contributed by atoms with E-state index in [0.29, 0.717) is 13.2 Å². The fraction of sp³-hybridized carbons (Fsp3) is 0.706. The Morgan fingerprint density at radius 1 is 1.41 bits per heavy atom. The lowest BCUT2D eigenvalue weighted by molar-refractivity contribution is -0.0556. The van der Waals surface area contributed by atoms with E-state index in [9.17, 15) is 4.79 Å². The molecule has 0 aromatic carbocycles. The molecule has 0 radical (unpaired) electrons. The van der Waals surface area contributed by atoms with E-state index < -0.39 is 0 Å². The number of amides is 1. The zero-order valence-electron chi connectivity index (χ0n) is 13.0. The molecule has 0 N–H and O–H groups in total. The van der Waals surface area contributed by atoms with Gasteiger partial charge in [0.25, 0.3) is 5.91 Å². The van der Waals surface area contributed by atoms with Crippen molar-refractivity contribution in [3.63, 3.8) is 0 Å². The van der Waals surface area contributed by atoms with Crippen molar-refractivity contribution in [3.05, 3.63) is 21.9 Å². The topological polar surface area (TPSA) is 38.8 Å². The van der Waals surface area contributed by atoms with Crippen LogP contribution in [0.3, 0.4) is 0 Å². The number of hydrogen-bond acceptors (Lipinski definition) is 4. The van der Waals surface area contributed by atoms with Crippen LogP contribution in [0.2, 0.25) is 0 Å². The molecule has 5 heteroatoms. The Morgan fingerprint density at radius 2 is 2.27 bits per heavy atom. The molecule has 1 aromatic rings. The number of carbonyl (C=O) groups is 1. The van der Waals surface area contributed by atoms with Gasteiger partial charge in [-0.05, 0) is 55.5 Å². The molecular formula is C17H23NO3S. The lowest BCUT2D eigenvalue weighted by Crippen LogP contribution is -2.46. The van der Waals surface area contributed by atoms with Crippen molar-refractivity contribution in [2.45, 2.75) is 50.9 Å². The van der Waals surface area contributed by atoms with Gasteiger partial charge >= 0.3 is 0 Å². The summed E-state index contributed by atoms with van der Waals surface area (Å²) in [5.41, 5.74) is 1.07. The SMILES string of the molecule is Cc1ccsc1C(=O)N1CCO[C@H]2CC[C@H]1[C@@H]2OCC1CC1. The molecule has 1 saturated heterocycles. The maximum absolute atomic E-state index is 12.9. The van der Waals surface area contributed by atoms with Gasteiger partial charge in [0.05, 0.1) is 23.6 Å². The third kappa shape index (κ3) is 2.70. The van der Waals surface area contributed by atoms with Crippen LogP contribution in [0.5, 0.6) is 0 Å². The van der Waals surface area contributed by atoms with Crippen molar-refractivity contribution in [3.8, 4) is 0 Å². The van der Waals surface area contributed by atoms with E-state index in [1.54, 1.807) is 11.3 Å². The second-order valence-corrected chi connectivity index (χ2v) is 7.64. The van der Waals surface area contributed by atoms with Gasteiger partial charge in [-0.25, -0.2) is 0 Å². The molecule has 120 valence electrons.